The molecular formula is C17H15NO2. The smallest absolute Gasteiger partial charge is 0.224 e. The summed E-state index contributed by atoms with van der Waals surface area (Å²) in [6.07, 6.45) is 1.41. The molecule has 0 spiro atoms. The van der Waals surface area contributed by atoms with E-state index >= 15 is 0 Å². The monoisotopic (exact) mass is 265 g/mol. The van der Waals surface area contributed by atoms with Crippen LogP contribution in [0.15, 0.2) is 42.5 Å². The van der Waals surface area contributed by atoms with E-state index in [-0.39, 0.29) is 11.8 Å². The summed E-state index contributed by atoms with van der Waals surface area (Å²) >= 11 is 0. The number of hydrogen-bond acceptors (Lipinski definition) is 2. The highest BCUT2D eigenvalue weighted by molar-refractivity contribution is 5.93. The lowest BCUT2D eigenvalue weighted by Crippen LogP contribution is -2.09. The molecule has 3 nitrogen and oxygen atoms in total. The Morgan fingerprint density at radius 3 is 2.65 bits per heavy atom. The van der Waals surface area contributed by atoms with Gasteiger partial charge in [0.05, 0.1) is 5.92 Å². The van der Waals surface area contributed by atoms with E-state index in [1.807, 2.05) is 49.4 Å². The molecule has 0 aromatic heterocycles. The number of fused-ring (bicyclic) bond motifs is 3. The Morgan fingerprint density at radius 1 is 1.15 bits per heavy atom. The first-order valence-electron chi connectivity index (χ1n) is 6.73. The number of carbonyl (C=O) groups excluding carboxylic acids is 2. The highest BCUT2D eigenvalue weighted by Gasteiger charge is 2.28. The Bertz CT molecular complexity index is 691. The van der Waals surface area contributed by atoms with Crippen molar-refractivity contribution in [3.63, 3.8) is 0 Å². The first kappa shape index (κ1) is 12.6. The van der Waals surface area contributed by atoms with Gasteiger partial charge in [0, 0.05) is 12.1 Å². The molecule has 2 aromatic carbocycles. The second-order valence-corrected chi connectivity index (χ2v) is 4.90. The molecule has 1 N–H and O–H groups in total. The lowest BCUT2D eigenvalue weighted by atomic mass is 9.98. The highest BCUT2D eigenvalue weighted by atomic mass is 16.1. The number of rotatable bonds is 3. The maximum atomic E-state index is 11.5. The van der Waals surface area contributed by atoms with Crippen LogP contribution in [0.2, 0.25) is 0 Å². The van der Waals surface area contributed by atoms with Gasteiger partial charge in [-0.2, -0.15) is 0 Å². The normalized spacial score (nSPS) is 15.3. The summed E-state index contributed by atoms with van der Waals surface area (Å²) in [5.74, 6) is -0.261. The number of anilines is 1. The van der Waals surface area contributed by atoms with E-state index in [2.05, 4.69) is 5.32 Å². The lowest BCUT2D eigenvalue weighted by Gasteiger charge is -2.08. The van der Waals surface area contributed by atoms with Crippen LogP contribution in [0.4, 0.5) is 5.69 Å². The third kappa shape index (κ3) is 1.92. The molecule has 0 aliphatic heterocycles. The van der Waals surface area contributed by atoms with Crippen LogP contribution in [0.25, 0.3) is 11.1 Å². The van der Waals surface area contributed by atoms with Crippen molar-refractivity contribution in [3.8, 4) is 11.1 Å². The van der Waals surface area contributed by atoms with Crippen molar-refractivity contribution in [2.24, 2.45) is 0 Å². The van der Waals surface area contributed by atoms with Crippen LogP contribution >= 0.6 is 0 Å². The maximum absolute atomic E-state index is 11.5. The SMILES string of the molecule is CCC(=O)Nc1ccc2c(c1)C(C=O)c1ccccc1-2. The molecule has 0 saturated carbocycles. The quantitative estimate of drug-likeness (QED) is 0.865. The molecule has 0 radical (unpaired) electrons. The summed E-state index contributed by atoms with van der Waals surface area (Å²) in [7, 11) is 0. The van der Waals surface area contributed by atoms with E-state index < -0.39 is 0 Å². The van der Waals surface area contributed by atoms with Crippen molar-refractivity contribution in [2.75, 3.05) is 5.32 Å². The van der Waals surface area contributed by atoms with Gasteiger partial charge in [0.25, 0.3) is 0 Å². The zero-order chi connectivity index (χ0) is 14.1. The molecule has 1 aliphatic carbocycles. The third-order valence-corrected chi connectivity index (χ3v) is 3.71. The van der Waals surface area contributed by atoms with Gasteiger partial charge in [-0.3, -0.25) is 4.79 Å². The number of amides is 1. The van der Waals surface area contributed by atoms with Gasteiger partial charge in [-0.25, -0.2) is 0 Å². The van der Waals surface area contributed by atoms with Crippen molar-refractivity contribution in [2.45, 2.75) is 19.3 Å². The van der Waals surface area contributed by atoms with Gasteiger partial charge < -0.3 is 10.1 Å². The Kier molecular flexibility index (Phi) is 3.11. The predicted octanol–water partition coefficient (Wildman–Crippen LogP) is 3.35. The summed E-state index contributed by atoms with van der Waals surface area (Å²) in [5, 5.41) is 2.84. The molecule has 1 atom stereocenters. The van der Waals surface area contributed by atoms with Crippen LogP contribution in [0.1, 0.15) is 30.4 Å². The number of carbonyl (C=O) groups is 2. The molecule has 3 rings (SSSR count). The van der Waals surface area contributed by atoms with Crippen LogP contribution in [0, 0.1) is 0 Å². The van der Waals surface area contributed by atoms with Crippen LogP contribution in [0.5, 0.6) is 0 Å². The fraction of sp³-hybridized carbons (Fsp3) is 0.176. The third-order valence-electron chi connectivity index (χ3n) is 3.71. The average Bonchev–Trinajstić information content (AvgIpc) is 2.80. The second kappa shape index (κ2) is 4.93. The minimum atomic E-state index is -0.236. The number of benzene rings is 2. The second-order valence-electron chi connectivity index (χ2n) is 4.90. The lowest BCUT2D eigenvalue weighted by molar-refractivity contribution is -0.115. The van der Waals surface area contributed by atoms with Gasteiger partial charge in [0.2, 0.25) is 5.91 Å². The van der Waals surface area contributed by atoms with E-state index in [0.29, 0.717) is 6.42 Å². The summed E-state index contributed by atoms with van der Waals surface area (Å²) in [4.78, 5) is 22.9. The molecule has 0 bridgehead atoms. The molecule has 3 heteroatoms. The van der Waals surface area contributed by atoms with Gasteiger partial charge in [-0.05, 0) is 34.4 Å². The fourth-order valence-corrected chi connectivity index (χ4v) is 2.72. The summed E-state index contributed by atoms with van der Waals surface area (Å²) in [6.45, 7) is 1.81. The van der Waals surface area contributed by atoms with E-state index in [4.69, 9.17) is 0 Å². The molecule has 1 aliphatic rings. The van der Waals surface area contributed by atoms with E-state index in [9.17, 15) is 9.59 Å². The standard InChI is InChI=1S/C17H15NO2/c1-2-17(20)18-11-7-8-14-12-5-3-4-6-13(12)16(10-19)15(14)9-11/h3-10,16H,2H2,1H3,(H,18,20). The minimum absolute atomic E-state index is 0.0249. The Morgan fingerprint density at radius 2 is 1.90 bits per heavy atom. The van der Waals surface area contributed by atoms with E-state index in [1.54, 1.807) is 0 Å². The first-order valence-corrected chi connectivity index (χ1v) is 6.73. The van der Waals surface area contributed by atoms with Crippen LogP contribution in [-0.4, -0.2) is 12.2 Å². The molecule has 0 saturated heterocycles. The van der Waals surface area contributed by atoms with Crippen molar-refractivity contribution < 1.29 is 9.59 Å². The average molecular weight is 265 g/mol. The van der Waals surface area contributed by atoms with Gasteiger partial charge in [0.1, 0.15) is 6.29 Å². The molecule has 0 fully saturated rings. The number of hydrogen-bond donors (Lipinski definition) is 1. The van der Waals surface area contributed by atoms with E-state index in [1.165, 1.54) is 0 Å². The van der Waals surface area contributed by atoms with Crippen molar-refractivity contribution in [1.29, 1.82) is 0 Å². The summed E-state index contributed by atoms with van der Waals surface area (Å²) in [5.41, 5.74) is 4.93. The van der Waals surface area contributed by atoms with Gasteiger partial charge in [-0.1, -0.05) is 37.3 Å². The number of nitrogens with one attached hydrogen (secondary N) is 1. The van der Waals surface area contributed by atoms with Crippen LogP contribution in [-0.2, 0) is 9.59 Å². The molecule has 1 amide bonds. The summed E-state index contributed by atoms with van der Waals surface area (Å²) < 4.78 is 0. The van der Waals surface area contributed by atoms with Crippen LogP contribution < -0.4 is 5.32 Å². The van der Waals surface area contributed by atoms with Gasteiger partial charge >= 0.3 is 0 Å². The molecule has 2 aromatic rings. The number of aldehydes is 1. The Balaban J connectivity index is 2.07. The van der Waals surface area contributed by atoms with Gasteiger partial charge in [0.15, 0.2) is 0 Å². The Hall–Kier alpha value is -2.42. The van der Waals surface area contributed by atoms with E-state index in [0.717, 1.165) is 34.2 Å². The predicted molar refractivity (Wildman–Crippen MR) is 78.7 cm³/mol. The summed E-state index contributed by atoms with van der Waals surface area (Å²) in [6, 6.07) is 13.7. The highest BCUT2D eigenvalue weighted by Crippen LogP contribution is 2.44. The Labute approximate surface area is 117 Å². The fourth-order valence-electron chi connectivity index (χ4n) is 2.72. The van der Waals surface area contributed by atoms with Crippen molar-refractivity contribution in [1.82, 2.24) is 0 Å². The van der Waals surface area contributed by atoms with Crippen LogP contribution in [0.3, 0.4) is 0 Å². The largest absolute Gasteiger partial charge is 0.326 e. The maximum Gasteiger partial charge on any atom is 0.224 e. The zero-order valence-electron chi connectivity index (χ0n) is 11.2. The minimum Gasteiger partial charge on any atom is -0.326 e. The topological polar surface area (TPSA) is 46.2 Å². The van der Waals surface area contributed by atoms with Crippen molar-refractivity contribution >= 4 is 17.9 Å². The first-order chi connectivity index (χ1) is 9.74. The molecule has 0 heterocycles. The molecule has 20 heavy (non-hydrogen) atoms. The molecular weight excluding hydrogens is 250 g/mol. The zero-order valence-corrected chi connectivity index (χ0v) is 11.2. The van der Waals surface area contributed by atoms with Gasteiger partial charge in [-0.15, -0.1) is 0 Å². The molecule has 1 unspecified atom stereocenters. The molecule has 100 valence electrons. The van der Waals surface area contributed by atoms with Crippen molar-refractivity contribution in [3.05, 3.63) is 53.6 Å².